The normalized spacial score (nSPS) is 11.2. The molecule has 0 N–H and O–H groups in total. The van der Waals surface area contributed by atoms with Crippen molar-refractivity contribution in [1.82, 2.24) is 0 Å². The van der Waals surface area contributed by atoms with Crippen LogP contribution in [0.25, 0.3) is 0 Å². The highest BCUT2D eigenvalue weighted by Crippen LogP contribution is 2.27. The van der Waals surface area contributed by atoms with E-state index in [9.17, 15) is 9.59 Å². The van der Waals surface area contributed by atoms with Crippen LogP contribution >= 0.6 is 11.8 Å². The monoisotopic (exact) mass is 365 g/mol. The van der Waals surface area contributed by atoms with Gasteiger partial charge in [-0.2, -0.15) is 0 Å². The molecule has 0 spiro atoms. The standard InChI is InChI=1S/C20H15NO4S/c1-14(21-25-20(23)18-8-5-13-24-18)19(22)15-9-11-17(12-10-15)26-16-6-3-2-4-7-16/h2-13H,1H3. The van der Waals surface area contributed by atoms with Gasteiger partial charge in [-0.3, -0.25) is 4.79 Å². The lowest BCUT2D eigenvalue weighted by Gasteiger charge is -2.04. The second-order valence-electron chi connectivity index (χ2n) is 5.30. The van der Waals surface area contributed by atoms with E-state index in [2.05, 4.69) is 5.16 Å². The minimum Gasteiger partial charge on any atom is -0.457 e. The van der Waals surface area contributed by atoms with Crippen LogP contribution < -0.4 is 0 Å². The van der Waals surface area contributed by atoms with Gasteiger partial charge in [0.1, 0.15) is 5.71 Å². The maximum absolute atomic E-state index is 12.4. The smallest absolute Gasteiger partial charge is 0.400 e. The van der Waals surface area contributed by atoms with Crippen molar-refractivity contribution in [2.75, 3.05) is 0 Å². The fourth-order valence-corrected chi connectivity index (χ4v) is 2.94. The molecule has 0 aliphatic carbocycles. The van der Waals surface area contributed by atoms with Crippen molar-refractivity contribution in [2.45, 2.75) is 16.7 Å². The Bertz CT molecular complexity index is 916. The summed E-state index contributed by atoms with van der Waals surface area (Å²) < 4.78 is 4.90. The Hall–Kier alpha value is -3.12. The maximum Gasteiger partial charge on any atom is 0.400 e. The van der Waals surface area contributed by atoms with Crippen molar-refractivity contribution in [3.05, 3.63) is 84.3 Å². The number of Topliss-reactive ketones (excluding diaryl/α,β-unsaturated/α-hetero) is 1. The van der Waals surface area contributed by atoms with E-state index in [0.717, 1.165) is 9.79 Å². The SMILES string of the molecule is CC(=NOC(=O)c1ccco1)C(=O)c1ccc(Sc2ccccc2)cc1. The summed E-state index contributed by atoms with van der Waals surface area (Å²) >= 11 is 1.61. The third kappa shape index (κ3) is 4.49. The highest BCUT2D eigenvalue weighted by atomic mass is 32.2. The first-order chi connectivity index (χ1) is 12.6. The molecule has 0 aliphatic rings. The van der Waals surface area contributed by atoms with Crippen molar-refractivity contribution in [1.29, 1.82) is 0 Å². The molecule has 130 valence electrons. The van der Waals surface area contributed by atoms with E-state index in [4.69, 9.17) is 9.25 Å². The van der Waals surface area contributed by atoms with Gasteiger partial charge in [-0.25, -0.2) is 4.79 Å². The molecule has 0 radical (unpaired) electrons. The second-order valence-corrected chi connectivity index (χ2v) is 6.45. The van der Waals surface area contributed by atoms with Crippen LogP contribution in [0.5, 0.6) is 0 Å². The number of hydrogen-bond acceptors (Lipinski definition) is 6. The Kier molecular flexibility index (Phi) is 5.66. The predicted molar refractivity (Wildman–Crippen MR) is 98.6 cm³/mol. The van der Waals surface area contributed by atoms with Crippen LogP contribution in [-0.4, -0.2) is 17.5 Å². The lowest BCUT2D eigenvalue weighted by Crippen LogP contribution is -2.12. The van der Waals surface area contributed by atoms with Crippen LogP contribution in [-0.2, 0) is 4.84 Å². The Morgan fingerprint density at radius 2 is 1.62 bits per heavy atom. The molecule has 3 rings (SSSR count). The summed E-state index contributed by atoms with van der Waals surface area (Å²) in [5.41, 5.74) is 0.547. The summed E-state index contributed by atoms with van der Waals surface area (Å²) in [4.78, 5) is 30.9. The highest BCUT2D eigenvalue weighted by Gasteiger charge is 2.14. The van der Waals surface area contributed by atoms with E-state index in [0.29, 0.717) is 5.56 Å². The molecule has 0 atom stereocenters. The maximum atomic E-state index is 12.4. The third-order valence-corrected chi connectivity index (χ3v) is 4.43. The van der Waals surface area contributed by atoms with Crippen molar-refractivity contribution in [2.24, 2.45) is 5.16 Å². The zero-order chi connectivity index (χ0) is 18.4. The van der Waals surface area contributed by atoms with Gasteiger partial charge >= 0.3 is 5.97 Å². The van der Waals surface area contributed by atoms with E-state index in [1.54, 1.807) is 30.0 Å². The molecule has 0 aliphatic heterocycles. The van der Waals surface area contributed by atoms with Gasteiger partial charge < -0.3 is 9.25 Å². The number of ketones is 1. The van der Waals surface area contributed by atoms with Gasteiger partial charge in [-0.05, 0) is 55.5 Å². The quantitative estimate of drug-likeness (QED) is 0.270. The molecule has 3 aromatic rings. The molecule has 0 amide bonds. The van der Waals surface area contributed by atoms with E-state index in [-0.39, 0.29) is 17.3 Å². The molecule has 0 saturated carbocycles. The van der Waals surface area contributed by atoms with Crippen LogP contribution in [0, 0.1) is 0 Å². The molecule has 0 bridgehead atoms. The number of hydrogen-bond donors (Lipinski definition) is 0. The lowest BCUT2D eigenvalue weighted by atomic mass is 10.1. The van der Waals surface area contributed by atoms with Crippen LogP contribution in [0.15, 0.2) is 92.4 Å². The molecular formula is C20H15NO4S. The van der Waals surface area contributed by atoms with E-state index < -0.39 is 5.97 Å². The van der Waals surface area contributed by atoms with Gasteiger partial charge in [0.25, 0.3) is 0 Å². The first-order valence-electron chi connectivity index (χ1n) is 7.80. The Morgan fingerprint density at radius 3 is 2.27 bits per heavy atom. The number of nitrogens with zero attached hydrogens (tertiary/aromatic N) is 1. The van der Waals surface area contributed by atoms with Crippen LogP contribution in [0.1, 0.15) is 27.8 Å². The average molecular weight is 365 g/mol. The fourth-order valence-electron chi connectivity index (χ4n) is 2.10. The van der Waals surface area contributed by atoms with E-state index in [1.165, 1.54) is 19.3 Å². The Labute approximate surface area is 154 Å². The minimum absolute atomic E-state index is 0.0243. The molecular weight excluding hydrogens is 350 g/mol. The summed E-state index contributed by atoms with van der Waals surface area (Å²) in [6, 6.07) is 20.2. The largest absolute Gasteiger partial charge is 0.457 e. The highest BCUT2D eigenvalue weighted by molar-refractivity contribution is 7.99. The van der Waals surface area contributed by atoms with Crippen molar-refractivity contribution >= 4 is 29.2 Å². The summed E-state index contributed by atoms with van der Waals surface area (Å²) in [7, 11) is 0. The number of carbonyl (C=O) groups is 2. The van der Waals surface area contributed by atoms with Crippen molar-refractivity contribution in [3.8, 4) is 0 Å². The molecule has 26 heavy (non-hydrogen) atoms. The minimum atomic E-state index is -0.753. The number of benzene rings is 2. The van der Waals surface area contributed by atoms with E-state index in [1.807, 2.05) is 42.5 Å². The summed E-state index contributed by atoms with van der Waals surface area (Å²) in [6.45, 7) is 1.49. The molecule has 6 heteroatoms. The molecule has 0 unspecified atom stereocenters. The van der Waals surface area contributed by atoms with Gasteiger partial charge in [0.05, 0.1) is 6.26 Å². The van der Waals surface area contributed by atoms with Crippen LogP contribution in [0.3, 0.4) is 0 Å². The third-order valence-electron chi connectivity index (χ3n) is 3.41. The van der Waals surface area contributed by atoms with Crippen molar-refractivity contribution < 1.29 is 18.8 Å². The summed E-state index contributed by atoms with van der Waals surface area (Å²) in [5, 5.41) is 3.60. The van der Waals surface area contributed by atoms with Crippen molar-refractivity contribution in [3.63, 3.8) is 0 Å². The molecule has 0 saturated heterocycles. The van der Waals surface area contributed by atoms with Gasteiger partial charge in [0.15, 0.2) is 0 Å². The zero-order valence-corrected chi connectivity index (χ0v) is 14.7. The zero-order valence-electron chi connectivity index (χ0n) is 13.9. The Morgan fingerprint density at radius 1 is 0.923 bits per heavy atom. The van der Waals surface area contributed by atoms with E-state index >= 15 is 0 Å². The number of carbonyl (C=O) groups excluding carboxylic acids is 2. The van der Waals surface area contributed by atoms with Gasteiger partial charge in [-0.15, -0.1) is 0 Å². The fraction of sp³-hybridized carbons (Fsp3) is 0.0500. The summed E-state index contributed by atoms with van der Waals surface area (Å²) in [5.74, 6) is -1.04. The molecule has 2 aromatic carbocycles. The number of furan rings is 1. The van der Waals surface area contributed by atoms with Crippen LogP contribution in [0.4, 0.5) is 0 Å². The number of rotatable bonds is 6. The first kappa shape index (κ1) is 17.7. The molecule has 1 aromatic heterocycles. The Balaban J connectivity index is 1.63. The average Bonchev–Trinajstić information content (AvgIpc) is 3.21. The van der Waals surface area contributed by atoms with Gasteiger partial charge in [0, 0.05) is 15.4 Å². The van der Waals surface area contributed by atoms with Crippen LogP contribution in [0.2, 0.25) is 0 Å². The lowest BCUT2D eigenvalue weighted by molar-refractivity contribution is 0.0479. The molecule has 1 heterocycles. The second kappa shape index (κ2) is 8.31. The molecule has 0 fully saturated rings. The predicted octanol–water partition coefficient (Wildman–Crippen LogP) is 4.85. The molecule has 5 nitrogen and oxygen atoms in total. The van der Waals surface area contributed by atoms with Gasteiger partial charge in [-0.1, -0.05) is 35.1 Å². The topological polar surface area (TPSA) is 68.9 Å². The first-order valence-corrected chi connectivity index (χ1v) is 8.62. The summed E-state index contributed by atoms with van der Waals surface area (Å²) in [6.07, 6.45) is 1.35. The number of oxime groups is 1. The van der Waals surface area contributed by atoms with Gasteiger partial charge in [0.2, 0.25) is 11.5 Å².